The van der Waals surface area contributed by atoms with Crippen molar-refractivity contribution < 1.29 is 13.7 Å². The summed E-state index contributed by atoms with van der Waals surface area (Å²) in [4.78, 5) is 16.2. The van der Waals surface area contributed by atoms with Gasteiger partial charge in [0.25, 0.3) is 17.6 Å². The molecule has 0 aliphatic heterocycles. The molecule has 3 aromatic rings. The van der Waals surface area contributed by atoms with Crippen molar-refractivity contribution in [2.24, 2.45) is 0 Å². The van der Waals surface area contributed by atoms with E-state index in [-0.39, 0.29) is 23.5 Å². The standard InChI is InChI=1S/C18H16FN3O2/c1-12(13-5-3-2-4-6-13)11-20-17(23)16-21-18(24-22-16)14-7-9-15(19)10-8-14/h2-10,12H,11H2,1H3,(H,20,23)/t12-/m1/s1. The number of hydrogen-bond acceptors (Lipinski definition) is 4. The summed E-state index contributed by atoms with van der Waals surface area (Å²) >= 11 is 0. The Kier molecular flexibility index (Phi) is 4.65. The predicted molar refractivity (Wildman–Crippen MR) is 86.9 cm³/mol. The molecule has 0 saturated carbocycles. The van der Waals surface area contributed by atoms with Gasteiger partial charge in [-0.2, -0.15) is 4.98 Å². The predicted octanol–water partition coefficient (Wildman–Crippen LogP) is 3.41. The molecule has 2 aromatic carbocycles. The molecule has 1 aromatic heterocycles. The summed E-state index contributed by atoms with van der Waals surface area (Å²) in [6.07, 6.45) is 0. The molecule has 0 bridgehead atoms. The van der Waals surface area contributed by atoms with Crippen molar-refractivity contribution in [3.8, 4) is 11.5 Å². The summed E-state index contributed by atoms with van der Waals surface area (Å²) in [7, 11) is 0. The maximum Gasteiger partial charge on any atom is 0.292 e. The zero-order chi connectivity index (χ0) is 16.9. The smallest absolute Gasteiger partial charge is 0.292 e. The van der Waals surface area contributed by atoms with E-state index in [1.54, 1.807) is 0 Å². The SMILES string of the molecule is C[C@H](CNC(=O)c1noc(-c2ccc(F)cc2)n1)c1ccccc1. The van der Waals surface area contributed by atoms with E-state index in [0.29, 0.717) is 12.1 Å². The molecule has 122 valence electrons. The van der Waals surface area contributed by atoms with Gasteiger partial charge in [0.15, 0.2) is 0 Å². The van der Waals surface area contributed by atoms with Crippen LogP contribution in [-0.4, -0.2) is 22.6 Å². The molecule has 3 rings (SSSR count). The van der Waals surface area contributed by atoms with Crippen LogP contribution in [0.2, 0.25) is 0 Å². The Bertz CT molecular complexity index is 816. The van der Waals surface area contributed by atoms with Crippen LogP contribution in [0.5, 0.6) is 0 Å². The van der Waals surface area contributed by atoms with Crippen molar-refractivity contribution in [2.45, 2.75) is 12.8 Å². The van der Waals surface area contributed by atoms with E-state index < -0.39 is 5.91 Å². The van der Waals surface area contributed by atoms with Gasteiger partial charge in [0.1, 0.15) is 5.82 Å². The average molecular weight is 325 g/mol. The van der Waals surface area contributed by atoms with Crippen LogP contribution in [0.3, 0.4) is 0 Å². The normalized spacial score (nSPS) is 11.9. The number of halogens is 1. The van der Waals surface area contributed by atoms with Crippen molar-refractivity contribution in [3.63, 3.8) is 0 Å². The highest BCUT2D eigenvalue weighted by Crippen LogP contribution is 2.17. The fraction of sp³-hybridized carbons (Fsp3) is 0.167. The highest BCUT2D eigenvalue weighted by Gasteiger charge is 2.16. The second-order valence-electron chi connectivity index (χ2n) is 5.45. The van der Waals surface area contributed by atoms with Gasteiger partial charge in [-0.15, -0.1) is 0 Å². The molecule has 0 saturated heterocycles. The minimum Gasteiger partial charge on any atom is -0.349 e. The molecule has 0 unspecified atom stereocenters. The zero-order valence-corrected chi connectivity index (χ0v) is 13.1. The first kappa shape index (κ1) is 15.9. The lowest BCUT2D eigenvalue weighted by Crippen LogP contribution is -2.28. The number of hydrogen-bond donors (Lipinski definition) is 1. The second kappa shape index (κ2) is 7.04. The minimum atomic E-state index is -0.408. The van der Waals surface area contributed by atoms with E-state index in [2.05, 4.69) is 15.5 Å². The largest absolute Gasteiger partial charge is 0.349 e. The number of aromatic nitrogens is 2. The van der Waals surface area contributed by atoms with Crippen LogP contribution in [0.15, 0.2) is 59.1 Å². The van der Waals surface area contributed by atoms with Gasteiger partial charge in [-0.25, -0.2) is 4.39 Å². The van der Waals surface area contributed by atoms with Crippen molar-refractivity contribution in [3.05, 3.63) is 71.8 Å². The highest BCUT2D eigenvalue weighted by molar-refractivity contribution is 5.90. The molecule has 0 aliphatic carbocycles. The molecule has 5 nitrogen and oxygen atoms in total. The van der Waals surface area contributed by atoms with E-state index in [1.165, 1.54) is 24.3 Å². The number of nitrogens with one attached hydrogen (secondary N) is 1. The fourth-order valence-corrected chi connectivity index (χ4v) is 2.25. The molecule has 1 amide bonds. The summed E-state index contributed by atoms with van der Waals surface area (Å²) in [6.45, 7) is 2.49. The van der Waals surface area contributed by atoms with Crippen molar-refractivity contribution in [2.75, 3.05) is 6.54 Å². The van der Waals surface area contributed by atoms with E-state index >= 15 is 0 Å². The van der Waals surface area contributed by atoms with Crippen LogP contribution in [-0.2, 0) is 0 Å². The van der Waals surface area contributed by atoms with Crippen LogP contribution in [0.4, 0.5) is 4.39 Å². The molecule has 0 fully saturated rings. The summed E-state index contributed by atoms with van der Waals surface area (Å²) in [6, 6.07) is 15.5. The molecule has 24 heavy (non-hydrogen) atoms. The lowest BCUT2D eigenvalue weighted by molar-refractivity contribution is 0.0938. The Morgan fingerprint density at radius 2 is 1.88 bits per heavy atom. The Labute approximate surface area is 138 Å². The molecule has 6 heteroatoms. The zero-order valence-electron chi connectivity index (χ0n) is 13.1. The first-order valence-electron chi connectivity index (χ1n) is 7.56. The molecule has 1 N–H and O–H groups in total. The van der Waals surface area contributed by atoms with Crippen LogP contribution in [0.25, 0.3) is 11.5 Å². The molecular weight excluding hydrogens is 309 g/mol. The number of carbonyl (C=O) groups is 1. The Hall–Kier alpha value is -3.02. The summed E-state index contributed by atoms with van der Waals surface area (Å²) in [5.41, 5.74) is 1.69. The highest BCUT2D eigenvalue weighted by atomic mass is 19.1. The van der Waals surface area contributed by atoms with Gasteiger partial charge in [-0.1, -0.05) is 42.4 Å². The number of nitrogens with zero attached hydrogens (tertiary/aromatic N) is 2. The number of benzene rings is 2. The summed E-state index contributed by atoms with van der Waals surface area (Å²) in [5.74, 6) is -0.467. The average Bonchev–Trinajstić information content (AvgIpc) is 3.11. The quantitative estimate of drug-likeness (QED) is 0.780. The summed E-state index contributed by atoms with van der Waals surface area (Å²) < 4.78 is 18.0. The van der Waals surface area contributed by atoms with E-state index in [4.69, 9.17) is 4.52 Å². The number of rotatable bonds is 5. The summed E-state index contributed by atoms with van der Waals surface area (Å²) in [5, 5.41) is 6.46. The number of carbonyl (C=O) groups excluding carboxylic acids is 1. The van der Waals surface area contributed by atoms with Gasteiger partial charge >= 0.3 is 0 Å². The molecule has 1 heterocycles. The van der Waals surface area contributed by atoms with Gasteiger partial charge in [-0.3, -0.25) is 4.79 Å². The second-order valence-corrected chi connectivity index (χ2v) is 5.45. The van der Waals surface area contributed by atoms with Crippen LogP contribution in [0.1, 0.15) is 29.0 Å². The van der Waals surface area contributed by atoms with Gasteiger partial charge in [0.2, 0.25) is 0 Å². The van der Waals surface area contributed by atoms with Crippen molar-refractivity contribution in [1.82, 2.24) is 15.5 Å². The fourth-order valence-electron chi connectivity index (χ4n) is 2.25. The van der Waals surface area contributed by atoms with Gasteiger partial charge in [-0.05, 0) is 35.7 Å². The first-order valence-corrected chi connectivity index (χ1v) is 7.56. The maximum atomic E-state index is 12.9. The Balaban J connectivity index is 1.63. The number of amides is 1. The Morgan fingerprint density at radius 3 is 2.58 bits per heavy atom. The Morgan fingerprint density at radius 1 is 1.17 bits per heavy atom. The van der Waals surface area contributed by atoms with Gasteiger partial charge in [0, 0.05) is 12.1 Å². The topological polar surface area (TPSA) is 68.0 Å². The van der Waals surface area contributed by atoms with Gasteiger partial charge in [0.05, 0.1) is 0 Å². The molecule has 0 aliphatic rings. The van der Waals surface area contributed by atoms with Crippen LogP contribution in [0, 0.1) is 5.82 Å². The van der Waals surface area contributed by atoms with Crippen molar-refractivity contribution >= 4 is 5.91 Å². The lowest BCUT2D eigenvalue weighted by Gasteiger charge is -2.11. The van der Waals surface area contributed by atoms with Crippen molar-refractivity contribution in [1.29, 1.82) is 0 Å². The van der Waals surface area contributed by atoms with Gasteiger partial charge < -0.3 is 9.84 Å². The first-order chi connectivity index (χ1) is 11.6. The lowest BCUT2D eigenvalue weighted by atomic mass is 10.0. The molecule has 0 spiro atoms. The van der Waals surface area contributed by atoms with E-state index in [9.17, 15) is 9.18 Å². The van der Waals surface area contributed by atoms with E-state index in [1.807, 2.05) is 37.3 Å². The minimum absolute atomic E-state index is 0.0467. The van der Waals surface area contributed by atoms with Crippen LogP contribution >= 0.6 is 0 Å². The van der Waals surface area contributed by atoms with E-state index in [0.717, 1.165) is 5.56 Å². The van der Waals surface area contributed by atoms with Crippen LogP contribution < -0.4 is 5.32 Å². The third kappa shape index (κ3) is 3.65. The molecule has 0 radical (unpaired) electrons. The third-order valence-electron chi connectivity index (χ3n) is 3.66. The molecular formula is C18H16FN3O2. The monoisotopic (exact) mass is 325 g/mol. The maximum absolute atomic E-state index is 12.9. The third-order valence-corrected chi connectivity index (χ3v) is 3.66. The molecule has 1 atom stereocenters.